The zero-order valence-corrected chi connectivity index (χ0v) is 31.6. The molecule has 2 aromatic carbocycles. The maximum Gasteiger partial charge on any atom is 0.413 e. The average molecular weight is 711 g/mol. The third kappa shape index (κ3) is 11.0. The van der Waals surface area contributed by atoms with E-state index in [1.807, 2.05) is 54.6 Å². The molecule has 3 N–H and O–H groups in total. The molecule has 0 aliphatic carbocycles. The van der Waals surface area contributed by atoms with Crippen molar-refractivity contribution < 1.29 is 33.4 Å². The second-order valence-corrected chi connectivity index (χ2v) is 20.5. The topological polar surface area (TPSA) is 139 Å². The summed E-state index contributed by atoms with van der Waals surface area (Å²) < 4.78 is 18.3. The predicted octanol–water partition coefficient (Wildman–Crippen LogP) is 8.19. The lowest BCUT2D eigenvalue weighted by Crippen LogP contribution is -2.54. The zero-order chi connectivity index (χ0) is 36.0. The molecule has 0 spiro atoms. The summed E-state index contributed by atoms with van der Waals surface area (Å²) in [6, 6.07) is 16.4. The van der Waals surface area contributed by atoms with Crippen LogP contribution in [0.3, 0.4) is 0 Å². The van der Waals surface area contributed by atoms with Gasteiger partial charge in [0, 0.05) is 17.1 Å². The minimum atomic E-state index is -2.25. The number of likely N-dealkylation sites (tertiary alicyclic amines) is 1. The highest BCUT2D eigenvalue weighted by atomic mass is 32.1. The highest BCUT2D eigenvalue weighted by Crippen LogP contribution is 2.40. The molecular formula is C36H50N4O7SSi. The first-order valence-electron chi connectivity index (χ1n) is 16.6. The number of nitrogens with zero attached hydrogens (tertiary/aromatic N) is 2. The molecule has 1 aliphatic heterocycles. The van der Waals surface area contributed by atoms with Crippen LogP contribution in [0.25, 0.3) is 0 Å². The molecule has 2 heterocycles. The van der Waals surface area contributed by atoms with Gasteiger partial charge in [-0.1, -0.05) is 51.1 Å². The first-order valence-corrected chi connectivity index (χ1v) is 20.4. The van der Waals surface area contributed by atoms with E-state index in [0.717, 1.165) is 11.3 Å². The van der Waals surface area contributed by atoms with Gasteiger partial charge < -0.3 is 24.3 Å². The van der Waals surface area contributed by atoms with Gasteiger partial charge in [-0.3, -0.25) is 15.0 Å². The van der Waals surface area contributed by atoms with E-state index in [9.17, 15) is 19.5 Å². The number of nitrogens with one attached hydrogen (secondary N) is 2. The van der Waals surface area contributed by atoms with Gasteiger partial charge in [0.15, 0.2) is 13.4 Å². The lowest BCUT2D eigenvalue weighted by Gasteiger charge is -2.42. The number of carbonyl (C=O) groups is 3. The van der Waals surface area contributed by atoms with Gasteiger partial charge >= 0.3 is 12.2 Å². The molecule has 1 saturated heterocycles. The second kappa shape index (κ2) is 15.7. The Hall–Kier alpha value is -3.94. The van der Waals surface area contributed by atoms with Crippen molar-refractivity contribution in [3.8, 4) is 5.75 Å². The number of aromatic nitrogens is 1. The molecule has 0 radical (unpaired) electrons. The van der Waals surface area contributed by atoms with E-state index in [4.69, 9.17) is 13.9 Å². The van der Waals surface area contributed by atoms with Crippen LogP contribution in [0.2, 0.25) is 18.1 Å². The fraction of sp³-hybridized carbons (Fsp3) is 0.500. The summed E-state index contributed by atoms with van der Waals surface area (Å²) in [4.78, 5) is 43.4. The summed E-state index contributed by atoms with van der Waals surface area (Å²) in [7, 11) is -2.25. The minimum Gasteiger partial charge on any atom is -0.491 e. The molecule has 3 atom stereocenters. The molecule has 49 heavy (non-hydrogen) atoms. The van der Waals surface area contributed by atoms with Gasteiger partial charge in [0.25, 0.3) is 0 Å². The van der Waals surface area contributed by atoms with Gasteiger partial charge in [0.05, 0.1) is 24.3 Å². The first kappa shape index (κ1) is 37.9. The SMILES string of the molecule is CC(C)(C)OC(=O)Nc1nc(CC(=O)Nc2ccc(C[C@@H]3CC[C@H]([C@@H](COc4ccccc4)O[Si](C)(C)C(C)(C)C)N3C(=O)O)cc2)cs1. The van der Waals surface area contributed by atoms with Gasteiger partial charge in [0.1, 0.15) is 18.0 Å². The highest BCUT2D eigenvalue weighted by Gasteiger charge is 2.46. The first-order chi connectivity index (χ1) is 22.9. The lowest BCUT2D eigenvalue weighted by molar-refractivity contribution is -0.115. The Morgan fingerprint density at radius 1 is 1.00 bits per heavy atom. The summed E-state index contributed by atoms with van der Waals surface area (Å²) in [6.45, 7) is 16.5. The largest absolute Gasteiger partial charge is 0.491 e. The smallest absolute Gasteiger partial charge is 0.413 e. The fourth-order valence-electron chi connectivity index (χ4n) is 5.45. The summed E-state index contributed by atoms with van der Waals surface area (Å²) in [5.41, 5.74) is 1.49. The van der Waals surface area contributed by atoms with E-state index >= 15 is 0 Å². The maximum atomic E-state index is 12.8. The number of ether oxygens (including phenoxy) is 2. The van der Waals surface area contributed by atoms with Crippen LogP contribution in [0.15, 0.2) is 60.0 Å². The Kier molecular flexibility index (Phi) is 12.2. The maximum absolute atomic E-state index is 12.8. The van der Waals surface area contributed by atoms with Crippen molar-refractivity contribution in [1.29, 1.82) is 0 Å². The van der Waals surface area contributed by atoms with Crippen LogP contribution in [0.5, 0.6) is 5.75 Å². The quantitative estimate of drug-likeness (QED) is 0.160. The molecule has 0 saturated carbocycles. The molecule has 1 aliphatic rings. The number of rotatable bonds is 12. The molecule has 0 bridgehead atoms. The van der Waals surface area contributed by atoms with Crippen molar-refractivity contribution in [1.82, 2.24) is 9.88 Å². The lowest BCUT2D eigenvalue weighted by atomic mass is 10.0. The zero-order valence-electron chi connectivity index (χ0n) is 29.7. The van der Waals surface area contributed by atoms with Crippen LogP contribution in [0.4, 0.5) is 20.4 Å². The average Bonchev–Trinajstić information content (AvgIpc) is 3.61. The summed E-state index contributed by atoms with van der Waals surface area (Å²) in [5.74, 6) is 0.476. The molecule has 3 aromatic rings. The van der Waals surface area contributed by atoms with Crippen LogP contribution in [0.1, 0.15) is 65.6 Å². The van der Waals surface area contributed by atoms with Crippen LogP contribution in [-0.4, -0.2) is 71.8 Å². The number of anilines is 2. The Morgan fingerprint density at radius 2 is 1.67 bits per heavy atom. The van der Waals surface area contributed by atoms with E-state index in [2.05, 4.69) is 49.5 Å². The Bertz CT molecular complexity index is 1570. The molecule has 266 valence electrons. The number of hydrogen-bond acceptors (Lipinski definition) is 8. The Balaban J connectivity index is 1.37. The van der Waals surface area contributed by atoms with Crippen molar-refractivity contribution in [3.63, 3.8) is 0 Å². The molecule has 3 amide bonds. The van der Waals surface area contributed by atoms with Crippen molar-refractivity contribution in [2.45, 2.75) is 109 Å². The number of thiazole rings is 1. The molecule has 4 rings (SSSR count). The molecule has 0 unspecified atom stereocenters. The molecule has 1 aromatic heterocycles. The number of para-hydroxylation sites is 1. The monoisotopic (exact) mass is 710 g/mol. The summed E-state index contributed by atoms with van der Waals surface area (Å²) >= 11 is 1.22. The molecule has 13 heteroatoms. The standard InChI is InChI=1S/C36H50N4O7SSi/c1-35(2,3)46-33(42)39-32-38-26(23-48-32)21-31(41)37-25-16-14-24(15-17-25)20-27-18-19-29(40(27)34(43)44)30(47-49(7,8)36(4,5)6)22-45-28-12-10-9-11-13-28/h9-17,23,27,29-30H,18-22H2,1-8H3,(H,37,41)(H,43,44)(H,38,39,42)/t27-,29+,30+/m0/s1. The highest BCUT2D eigenvalue weighted by molar-refractivity contribution is 7.13. The minimum absolute atomic E-state index is 0.0391. The van der Waals surface area contributed by atoms with E-state index in [0.29, 0.717) is 35.8 Å². The number of amides is 3. The molecule has 1 fully saturated rings. The predicted molar refractivity (Wildman–Crippen MR) is 195 cm³/mol. The van der Waals surface area contributed by atoms with Crippen molar-refractivity contribution >= 4 is 48.6 Å². The van der Waals surface area contributed by atoms with Crippen molar-refractivity contribution in [2.24, 2.45) is 0 Å². The van der Waals surface area contributed by atoms with E-state index in [1.54, 1.807) is 31.1 Å². The number of carbonyl (C=O) groups excluding carboxylic acids is 2. The summed E-state index contributed by atoms with van der Waals surface area (Å²) in [5, 5.41) is 17.9. The van der Waals surface area contributed by atoms with Crippen LogP contribution >= 0.6 is 11.3 Å². The van der Waals surface area contributed by atoms with Crippen molar-refractivity contribution in [3.05, 3.63) is 71.2 Å². The van der Waals surface area contributed by atoms with Gasteiger partial charge in [-0.15, -0.1) is 11.3 Å². The Morgan fingerprint density at radius 3 is 2.29 bits per heavy atom. The number of benzene rings is 2. The summed E-state index contributed by atoms with van der Waals surface area (Å²) in [6.07, 6.45) is -0.0281. The third-order valence-electron chi connectivity index (χ3n) is 8.82. The van der Waals surface area contributed by atoms with Gasteiger partial charge in [-0.2, -0.15) is 0 Å². The van der Waals surface area contributed by atoms with Crippen LogP contribution in [-0.2, 0) is 26.8 Å². The van der Waals surface area contributed by atoms with E-state index in [1.165, 1.54) is 11.3 Å². The van der Waals surface area contributed by atoms with E-state index in [-0.39, 0.29) is 36.1 Å². The van der Waals surface area contributed by atoms with Crippen molar-refractivity contribution in [2.75, 3.05) is 17.2 Å². The third-order valence-corrected chi connectivity index (χ3v) is 14.1. The van der Waals surface area contributed by atoms with Gasteiger partial charge in [-0.25, -0.2) is 14.6 Å². The van der Waals surface area contributed by atoms with Gasteiger partial charge in [0.2, 0.25) is 5.91 Å². The normalized spacial score (nSPS) is 17.3. The van der Waals surface area contributed by atoms with Crippen LogP contribution < -0.4 is 15.4 Å². The molecular weight excluding hydrogens is 661 g/mol. The number of carboxylic acid groups (broad SMARTS) is 1. The number of hydrogen-bond donors (Lipinski definition) is 3. The van der Waals surface area contributed by atoms with E-state index < -0.39 is 32.2 Å². The van der Waals surface area contributed by atoms with Crippen LogP contribution in [0, 0.1) is 0 Å². The second-order valence-electron chi connectivity index (χ2n) is 14.9. The van der Waals surface area contributed by atoms with Gasteiger partial charge in [-0.05, 0) is 88.0 Å². The Labute approximate surface area is 294 Å². The fourth-order valence-corrected chi connectivity index (χ4v) is 7.48. The molecule has 11 nitrogen and oxygen atoms in total.